The second-order valence-electron chi connectivity index (χ2n) is 4.46. The van der Waals surface area contributed by atoms with E-state index in [1.165, 1.54) is 6.92 Å². The Balaban J connectivity index is 4.92. The molecular weight excluding hydrogens is 200 g/mol. The highest BCUT2D eigenvalue weighted by atomic mass is 32.2. The number of ketones is 1. The topological polar surface area (TPSA) is 51.2 Å². The maximum Gasteiger partial charge on any atom is 0.160 e. The standard InChI is InChI=1S/C10H20O3S/c1-7(2)10(8(3)4)14(12,13)6-9(5)11/h7-8,10H,6H2,1-5H3. The van der Waals surface area contributed by atoms with Gasteiger partial charge in [0, 0.05) is 0 Å². The Bertz CT molecular complexity index is 280. The quantitative estimate of drug-likeness (QED) is 0.708. The molecule has 0 amide bonds. The normalized spacial score (nSPS) is 12.9. The van der Waals surface area contributed by atoms with Crippen LogP contribution < -0.4 is 0 Å². The maximum atomic E-state index is 11.8. The molecule has 0 aromatic rings. The molecular formula is C10H20O3S. The number of hydrogen-bond donors (Lipinski definition) is 0. The monoisotopic (exact) mass is 220 g/mol. The van der Waals surface area contributed by atoms with Gasteiger partial charge in [0.15, 0.2) is 9.84 Å². The van der Waals surface area contributed by atoms with Gasteiger partial charge in [-0.05, 0) is 18.8 Å². The van der Waals surface area contributed by atoms with Gasteiger partial charge in [-0.15, -0.1) is 0 Å². The highest BCUT2D eigenvalue weighted by Crippen LogP contribution is 2.21. The molecule has 0 N–H and O–H groups in total. The Labute approximate surface area is 86.8 Å². The zero-order valence-corrected chi connectivity index (χ0v) is 10.4. The van der Waals surface area contributed by atoms with Crippen LogP contribution >= 0.6 is 0 Å². The van der Waals surface area contributed by atoms with Crippen LogP contribution in [0.4, 0.5) is 0 Å². The molecule has 0 atom stereocenters. The average Bonchev–Trinajstić information content (AvgIpc) is 1.77. The van der Waals surface area contributed by atoms with Crippen molar-refractivity contribution in [1.82, 2.24) is 0 Å². The van der Waals surface area contributed by atoms with Gasteiger partial charge in [-0.25, -0.2) is 8.42 Å². The molecule has 0 saturated carbocycles. The van der Waals surface area contributed by atoms with Crippen LogP contribution in [-0.4, -0.2) is 25.2 Å². The smallest absolute Gasteiger partial charge is 0.160 e. The molecule has 14 heavy (non-hydrogen) atoms. The molecule has 3 nitrogen and oxygen atoms in total. The van der Waals surface area contributed by atoms with Crippen molar-refractivity contribution in [2.24, 2.45) is 11.8 Å². The number of carbonyl (C=O) groups is 1. The Kier molecular flexibility index (Phi) is 4.78. The van der Waals surface area contributed by atoms with Crippen LogP contribution in [0, 0.1) is 11.8 Å². The molecule has 0 rings (SSSR count). The fraction of sp³-hybridized carbons (Fsp3) is 0.900. The summed E-state index contributed by atoms with van der Waals surface area (Å²) in [5.41, 5.74) is 0. The molecule has 0 radical (unpaired) electrons. The summed E-state index contributed by atoms with van der Waals surface area (Å²) in [4.78, 5) is 10.8. The van der Waals surface area contributed by atoms with Crippen molar-refractivity contribution in [3.8, 4) is 0 Å². The number of carbonyl (C=O) groups excluding carboxylic acids is 1. The molecule has 0 aliphatic carbocycles. The van der Waals surface area contributed by atoms with Gasteiger partial charge >= 0.3 is 0 Å². The molecule has 0 aliphatic heterocycles. The molecule has 0 aliphatic rings. The first-order valence-corrected chi connectivity index (χ1v) is 6.61. The number of hydrogen-bond acceptors (Lipinski definition) is 3. The van der Waals surface area contributed by atoms with Crippen LogP contribution in [0.3, 0.4) is 0 Å². The summed E-state index contributed by atoms with van der Waals surface area (Å²) in [5, 5.41) is -0.411. The van der Waals surface area contributed by atoms with E-state index < -0.39 is 15.1 Å². The predicted octanol–water partition coefficient (Wildman–Crippen LogP) is 1.67. The number of Topliss-reactive ketones (excluding diaryl/α,β-unsaturated/α-hetero) is 1. The van der Waals surface area contributed by atoms with Crippen molar-refractivity contribution in [2.45, 2.75) is 39.9 Å². The van der Waals surface area contributed by atoms with E-state index in [2.05, 4.69) is 0 Å². The van der Waals surface area contributed by atoms with Crippen LogP contribution in [0.15, 0.2) is 0 Å². The van der Waals surface area contributed by atoms with Crippen LogP contribution in [0.25, 0.3) is 0 Å². The van der Waals surface area contributed by atoms with Gasteiger partial charge in [0.25, 0.3) is 0 Å². The molecule has 0 saturated heterocycles. The molecule has 0 spiro atoms. The van der Waals surface area contributed by atoms with E-state index in [1.54, 1.807) is 0 Å². The lowest BCUT2D eigenvalue weighted by atomic mass is 10.0. The van der Waals surface area contributed by atoms with Gasteiger partial charge in [0.1, 0.15) is 11.5 Å². The summed E-state index contributed by atoms with van der Waals surface area (Å²) in [6.45, 7) is 8.82. The van der Waals surface area contributed by atoms with Gasteiger partial charge in [-0.2, -0.15) is 0 Å². The molecule has 0 heterocycles. The number of rotatable bonds is 5. The zero-order chi connectivity index (χ0) is 11.5. The number of sulfone groups is 1. The second-order valence-corrected chi connectivity index (χ2v) is 6.62. The molecule has 0 aromatic carbocycles. The third-order valence-electron chi connectivity index (χ3n) is 2.13. The first kappa shape index (κ1) is 13.6. The summed E-state index contributed by atoms with van der Waals surface area (Å²) in [7, 11) is -3.27. The second kappa shape index (κ2) is 4.91. The van der Waals surface area contributed by atoms with E-state index in [1.807, 2.05) is 27.7 Å². The summed E-state index contributed by atoms with van der Waals surface area (Å²) < 4.78 is 23.6. The first-order chi connectivity index (χ1) is 6.18. The first-order valence-electron chi connectivity index (χ1n) is 4.89. The summed E-state index contributed by atoms with van der Waals surface area (Å²) >= 11 is 0. The van der Waals surface area contributed by atoms with E-state index in [9.17, 15) is 13.2 Å². The van der Waals surface area contributed by atoms with Crippen molar-refractivity contribution in [3.05, 3.63) is 0 Å². The van der Waals surface area contributed by atoms with Crippen LogP contribution in [0.1, 0.15) is 34.6 Å². The minimum absolute atomic E-state index is 0.0550. The van der Waals surface area contributed by atoms with Gasteiger partial charge in [-0.1, -0.05) is 27.7 Å². The van der Waals surface area contributed by atoms with Gasteiger partial charge < -0.3 is 0 Å². The minimum Gasteiger partial charge on any atom is -0.299 e. The highest BCUT2D eigenvalue weighted by Gasteiger charge is 2.31. The minimum atomic E-state index is -3.27. The Morgan fingerprint density at radius 3 is 1.64 bits per heavy atom. The lowest BCUT2D eigenvalue weighted by Crippen LogP contribution is -2.35. The Hall–Kier alpha value is -0.380. The van der Waals surface area contributed by atoms with Crippen LogP contribution in [0.5, 0.6) is 0 Å². The van der Waals surface area contributed by atoms with E-state index >= 15 is 0 Å². The fourth-order valence-corrected chi connectivity index (χ4v) is 4.40. The summed E-state index contributed by atoms with van der Waals surface area (Å²) in [6.07, 6.45) is 0. The van der Waals surface area contributed by atoms with Gasteiger partial charge in [-0.3, -0.25) is 4.79 Å². The Morgan fingerprint density at radius 1 is 1.07 bits per heavy atom. The SMILES string of the molecule is CC(=O)CS(=O)(=O)C(C(C)C)C(C)C. The van der Waals surface area contributed by atoms with Crippen molar-refractivity contribution in [3.63, 3.8) is 0 Å². The van der Waals surface area contributed by atoms with E-state index in [4.69, 9.17) is 0 Å². The highest BCUT2D eigenvalue weighted by molar-refractivity contribution is 7.92. The molecule has 0 bridgehead atoms. The van der Waals surface area contributed by atoms with Crippen molar-refractivity contribution in [1.29, 1.82) is 0 Å². The summed E-state index contributed by atoms with van der Waals surface area (Å²) in [5.74, 6) is -0.497. The fourth-order valence-electron chi connectivity index (χ4n) is 1.98. The molecule has 0 unspecified atom stereocenters. The maximum absolute atomic E-state index is 11.8. The van der Waals surface area contributed by atoms with E-state index in [0.717, 1.165) is 0 Å². The van der Waals surface area contributed by atoms with Crippen LogP contribution in [0.2, 0.25) is 0 Å². The van der Waals surface area contributed by atoms with Crippen molar-refractivity contribution >= 4 is 15.6 Å². The largest absolute Gasteiger partial charge is 0.299 e. The van der Waals surface area contributed by atoms with Gasteiger partial charge in [0.2, 0.25) is 0 Å². The molecule has 0 aromatic heterocycles. The average molecular weight is 220 g/mol. The lowest BCUT2D eigenvalue weighted by molar-refractivity contribution is -0.114. The zero-order valence-electron chi connectivity index (χ0n) is 9.57. The van der Waals surface area contributed by atoms with E-state index in [-0.39, 0.29) is 23.4 Å². The lowest BCUT2D eigenvalue weighted by Gasteiger charge is -2.24. The van der Waals surface area contributed by atoms with Crippen LogP contribution in [-0.2, 0) is 14.6 Å². The third kappa shape index (κ3) is 3.78. The Morgan fingerprint density at radius 2 is 1.43 bits per heavy atom. The predicted molar refractivity (Wildman–Crippen MR) is 57.9 cm³/mol. The molecule has 84 valence electrons. The van der Waals surface area contributed by atoms with E-state index in [0.29, 0.717) is 0 Å². The molecule has 0 fully saturated rings. The third-order valence-corrected chi connectivity index (χ3v) is 4.86. The van der Waals surface area contributed by atoms with Crippen molar-refractivity contribution < 1.29 is 13.2 Å². The molecule has 4 heteroatoms. The van der Waals surface area contributed by atoms with Gasteiger partial charge in [0.05, 0.1) is 5.25 Å². The summed E-state index contributed by atoms with van der Waals surface area (Å²) in [6, 6.07) is 0. The van der Waals surface area contributed by atoms with Crippen molar-refractivity contribution in [2.75, 3.05) is 5.75 Å².